The summed E-state index contributed by atoms with van der Waals surface area (Å²) in [5, 5.41) is 0. The Hall–Kier alpha value is -3.99. The summed E-state index contributed by atoms with van der Waals surface area (Å²) in [6.07, 6.45) is 5.63. The second-order valence-electron chi connectivity index (χ2n) is 11.7. The van der Waals surface area contributed by atoms with Crippen LogP contribution in [-0.2, 0) is 20.8 Å². The molecule has 3 fully saturated rings. The maximum atomic E-state index is 13.8. The monoisotopic (exact) mass is 517 g/mol. The number of benzene rings is 3. The number of carbonyl (C=O) groups excluding carboxylic acids is 3. The van der Waals surface area contributed by atoms with Gasteiger partial charge in [-0.15, -0.1) is 0 Å². The third-order valence-corrected chi connectivity index (χ3v) is 9.32. The number of nitrogens with zero attached hydrogens (tertiary/aromatic N) is 1. The molecule has 2 bridgehead atoms. The fraction of sp³-hybridized carbons (Fsp3) is 0.324. The molecule has 1 saturated heterocycles. The standard InChI is InChI=1S/C34H31NO4/c1-19-8-10-22(11-9-19)23-12-15-29(20(2)16-23)39-34(38)28(17-21-6-4-3-5-7-21)35-32(36)30-24-13-14-25(27-18-26(24)27)31(30)33(35)37/h3-16,24-28,30-31H,17-18H2,1-2H3. The number of allylic oxidation sites excluding steroid dienone is 2. The van der Waals surface area contributed by atoms with Crippen molar-refractivity contribution in [3.8, 4) is 16.9 Å². The van der Waals surface area contributed by atoms with Crippen molar-refractivity contribution in [1.29, 1.82) is 0 Å². The van der Waals surface area contributed by atoms with Crippen molar-refractivity contribution >= 4 is 17.8 Å². The van der Waals surface area contributed by atoms with E-state index in [-0.39, 0.29) is 41.9 Å². The van der Waals surface area contributed by atoms with Crippen LogP contribution in [0.4, 0.5) is 0 Å². The van der Waals surface area contributed by atoms with Crippen LogP contribution in [0.15, 0.2) is 84.9 Å². The Bertz CT molecular complexity index is 1470. The minimum atomic E-state index is -1.01. The van der Waals surface area contributed by atoms with Gasteiger partial charge in [0.15, 0.2) is 0 Å². The van der Waals surface area contributed by atoms with Crippen molar-refractivity contribution < 1.29 is 19.1 Å². The molecule has 5 heteroatoms. The molecule has 2 saturated carbocycles. The van der Waals surface area contributed by atoms with Crippen molar-refractivity contribution in [2.75, 3.05) is 0 Å². The Kier molecular flexibility index (Phi) is 5.58. The molecule has 39 heavy (non-hydrogen) atoms. The third kappa shape index (κ3) is 3.94. The zero-order valence-corrected chi connectivity index (χ0v) is 22.1. The van der Waals surface area contributed by atoms with Crippen molar-refractivity contribution in [2.45, 2.75) is 32.7 Å². The van der Waals surface area contributed by atoms with Crippen LogP contribution >= 0.6 is 0 Å². The molecule has 0 aromatic heterocycles. The number of rotatable bonds is 6. The molecule has 8 rings (SSSR count). The second-order valence-corrected chi connectivity index (χ2v) is 11.7. The van der Waals surface area contributed by atoms with Gasteiger partial charge in [0.1, 0.15) is 11.8 Å². The summed E-state index contributed by atoms with van der Waals surface area (Å²) in [5.41, 5.74) is 5.00. The Balaban J connectivity index is 1.18. The van der Waals surface area contributed by atoms with E-state index in [4.69, 9.17) is 4.74 Å². The number of esters is 1. The predicted octanol–water partition coefficient (Wildman–Crippen LogP) is 5.54. The van der Waals surface area contributed by atoms with Gasteiger partial charge in [0, 0.05) is 6.42 Å². The van der Waals surface area contributed by atoms with Gasteiger partial charge in [0.25, 0.3) is 0 Å². The van der Waals surface area contributed by atoms with Crippen molar-refractivity contribution in [3.05, 3.63) is 102 Å². The summed E-state index contributed by atoms with van der Waals surface area (Å²) in [7, 11) is 0. The maximum absolute atomic E-state index is 13.8. The number of hydrogen-bond acceptors (Lipinski definition) is 4. The van der Waals surface area contributed by atoms with Gasteiger partial charge in [-0.2, -0.15) is 0 Å². The number of hydrogen-bond donors (Lipinski definition) is 0. The van der Waals surface area contributed by atoms with Crippen LogP contribution in [-0.4, -0.2) is 28.7 Å². The quantitative estimate of drug-likeness (QED) is 0.186. The van der Waals surface area contributed by atoms with E-state index in [1.54, 1.807) is 6.07 Å². The molecule has 4 aliphatic carbocycles. The summed E-state index contributed by atoms with van der Waals surface area (Å²) in [5.74, 6) is -0.0230. The van der Waals surface area contributed by atoms with Crippen LogP contribution in [0.3, 0.4) is 0 Å². The lowest BCUT2D eigenvalue weighted by molar-refractivity contribution is -0.153. The molecule has 5 aliphatic rings. The molecular weight excluding hydrogens is 486 g/mol. The smallest absolute Gasteiger partial charge is 0.335 e. The molecule has 3 aromatic carbocycles. The first kappa shape index (κ1) is 24.1. The van der Waals surface area contributed by atoms with Gasteiger partial charge in [0.05, 0.1) is 11.8 Å². The fourth-order valence-electron chi connectivity index (χ4n) is 7.27. The van der Waals surface area contributed by atoms with E-state index in [9.17, 15) is 14.4 Å². The molecule has 1 heterocycles. The van der Waals surface area contributed by atoms with Crippen LogP contribution in [0, 0.1) is 49.4 Å². The van der Waals surface area contributed by atoms with Crippen LogP contribution in [0.1, 0.15) is 23.1 Å². The molecule has 196 valence electrons. The largest absolute Gasteiger partial charge is 0.425 e. The molecule has 7 unspecified atom stereocenters. The van der Waals surface area contributed by atoms with Crippen LogP contribution in [0.25, 0.3) is 11.1 Å². The highest BCUT2D eigenvalue weighted by molar-refractivity contribution is 6.09. The molecular formula is C34H31NO4. The van der Waals surface area contributed by atoms with Gasteiger partial charge in [0.2, 0.25) is 11.8 Å². The second kappa shape index (κ2) is 9.04. The van der Waals surface area contributed by atoms with Gasteiger partial charge in [-0.25, -0.2) is 4.79 Å². The number of amides is 2. The first-order valence-corrected chi connectivity index (χ1v) is 13.9. The van der Waals surface area contributed by atoms with Gasteiger partial charge < -0.3 is 4.74 Å². The average Bonchev–Trinajstić information content (AvgIpc) is 3.73. The fourth-order valence-corrected chi connectivity index (χ4v) is 7.27. The molecule has 1 aliphatic heterocycles. The zero-order chi connectivity index (χ0) is 26.8. The molecule has 3 aromatic rings. The number of imide groups is 1. The van der Waals surface area contributed by atoms with Crippen molar-refractivity contribution in [2.24, 2.45) is 35.5 Å². The zero-order valence-electron chi connectivity index (χ0n) is 22.1. The van der Waals surface area contributed by atoms with Crippen molar-refractivity contribution in [1.82, 2.24) is 4.90 Å². The van der Waals surface area contributed by atoms with Crippen LogP contribution in [0.5, 0.6) is 5.75 Å². The first-order valence-electron chi connectivity index (χ1n) is 13.9. The summed E-state index contributed by atoms with van der Waals surface area (Å²) in [6, 6.07) is 22.5. The molecule has 7 atom stereocenters. The minimum absolute atomic E-state index is 0.108. The first-order chi connectivity index (χ1) is 18.9. The lowest BCUT2D eigenvalue weighted by Gasteiger charge is -2.37. The lowest BCUT2D eigenvalue weighted by Crippen LogP contribution is -2.48. The number of carbonyl (C=O) groups is 3. The van der Waals surface area contributed by atoms with E-state index in [0.717, 1.165) is 28.7 Å². The topological polar surface area (TPSA) is 63.7 Å². The summed E-state index contributed by atoms with van der Waals surface area (Å²) in [4.78, 5) is 42.8. The molecule has 0 spiro atoms. The van der Waals surface area contributed by atoms with E-state index in [1.165, 1.54) is 10.5 Å². The minimum Gasteiger partial charge on any atom is -0.425 e. The van der Waals surface area contributed by atoms with Crippen LogP contribution < -0.4 is 4.74 Å². The van der Waals surface area contributed by atoms with E-state index in [2.05, 4.69) is 43.3 Å². The summed E-state index contributed by atoms with van der Waals surface area (Å²) < 4.78 is 5.95. The normalized spacial score (nSPS) is 28.7. The number of ether oxygens (including phenoxy) is 1. The van der Waals surface area contributed by atoms with Gasteiger partial charge in [-0.3, -0.25) is 14.5 Å². The third-order valence-electron chi connectivity index (χ3n) is 9.32. The highest BCUT2D eigenvalue weighted by Gasteiger charge is 2.68. The number of likely N-dealkylation sites (tertiary alicyclic amines) is 1. The molecule has 0 N–H and O–H groups in total. The summed E-state index contributed by atoms with van der Waals surface area (Å²) in [6.45, 7) is 3.96. The number of aryl methyl sites for hydroxylation is 2. The van der Waals surface area contributed by atoms with Gasteiger partial charge in [-0.05, 0) is 78.3 Å². The molecule has 2 amide bonds. The average molecular weight is 518 g/mol. The SMILES string of the molecule is Cc1ccc(-c2ccc(OC(=O)C(Cc3ccccc3)N3C(=O)C4C5C=CC(C6CC56)C4C3=O)c(C)c2)cc1. The Morgan fingerprint density at radius 1 is 0.846 bits per heavy atom. The highest BCUT2D eigenvalue weighted by atomic mass is 16.5. The Morgan fingerprint density at radius 2 is 1.46 bits per heavy atom. The molecule has 5 nitrogen and oxygen atoms in total. The molecule has 0 radical (unpaired) electrons. The Labute approximate surface area is 228 Å². The maximum Gasteiger partial charge on any atom is 0.335 e. The predicted molar refractivity (Wildman–Crippen MR) is 147 cm³/mol. The van der Waals surface area contributed by atoms with E-state index in [0.29, 0.717) is 17.6 Å². The summed E-state index contributed by atoms with van der Waals surface area (Å²) >= 11 is 0. The Morgan fingerprint density at radius 3 is 2.08 bits per heavy atom. The van der Waals surface area contributed by atoms with Gasteiger partial charge in [-0.1, -0.05) is 78.4 Å². The lowest BCUT2D eigenvalue weighted by atomic mass is 9.63. The van der Waals surface area contributed by atoms with E-state index >= 15 is 0 Å². The van der Waals surface area contributed by atoms with Crippen molar-refractivity contribution in [3.63, 3.8) is 0 Å². The van der Waals surface area contributed by atoms with Crippen LogP contribution in [0.2, 0.25) is 0 Å². The highest BCUT2D eigenvalue weighted by Crippen LogP contribution is 2.65. The van der Waals surface area contributed by atoms with E-state index in [1.807, 2.05) is 49.4 Å². The van der Waals surface area contributed by atoms with Gasteiger partial charge >= 0.3 is 5.97 Å². The van der Waals surface area contributed by atoms with E-state index < -0.39 is 12.0 Å².